The lowest BCUT2D eigenvalue weighted by Gasteiger charge is -2.18. The quantitative estimate of drug-likeness (QED) is 0.0772. The van der Waals surface area contributed by atoms with Gasteiger partial charge < -0.3 is 34.3 Å². The number of aliphatic hydroxyl groups is 1. The number of aliphatic hydroxyl groups excluding tert-OH is 1. The maximum atomic E-state index is 11.8. The van der Waals surface area contributed by atoms with Gasteiger partial charge in [0.25, 0.3) is 0 Å². The number of hydrogen-bond acceptors (Lipinski definition) is 10. The number of aromatic nitrogens is 4. The lowest BCUT2D eigenvalue weighted by molar-refractivity contribution is -0.149. The van der Waals surface area contributed by atoms with E-state index < -0.39 is 6.04 Å². The van der Waals surface area contributed by atoms with Gasteiger partial charge in [-0.1, -0.05) is 70.2 Å². The number of anilines is 1. The number of allylic oxidation sites excluding steroid dienone is 6. The zero-order valence-electron chi connectivity index (χ0n) is 29.3. The zero-order chi connectivity index (χ0) is 35.3. The molecule has 1 unspecified atom stereocenters. The number of nitrogen functional groups attached to an aromatic ring is 1. The fourth-order valence-corrected chi connectivity index (χ4v) is 4.03. The number of hydrogen-bond donors (Lipinski definition) is 2. The Morgan fingerprint density at radius 3 is 2.57 bits per heavy atom. The summed E-state index contributed by atoms with van der Waals surface area (Å²) in [5, 5.41) is 7.88. The number of likely N-dealkylation sites (tertiary alicyclic amines) is 1. The fraction of sp³-hybridized carbons (Fsp3) is 0.559. The lowest BCUT2D eigenvalue weighted by Crippen LogP contribution is -2.36. The van der Waals surface area contributed by atoms with Crippen molar-refractivity contribution in [1.29, 1.82) is 0 Å². The average molecular weight is 677 g/mol. The second-order valence-corrected chi connectivity index (χ2v) is 11.4. The molecular formula is C34H57N6O6P. The number of rotatable bonds is 15. The highest BCUT2D eigenvalue weighted by Gasteiger charge is 2.30. The van der Waals surface area contributed by atoms with Gasteiger partial charge in [-0.15, -0.1) is 0 Å². The van der Waals surface area contributed by atoms with E-state index in [1.807, 2.05) is 55.7 Å². The molecule has 13 heteroatoms. The number of nitrogens with zero attached hydrogens (tertiary/aromatic N) is 5. The molecule has 47 heavy (non-hydrogen) atoms. The van der Waals surface area contributed by atoms with Crippen LogP contribution in [0.2, 0.25) is 0 Å². The number of fused-ring (bicyclic) bond motifs is 1. The van der Waals surface area contributed by atoms with E-state index in [-0.39, 0.29) is 18.5 Å². The van der Waals surface area contributed by atoms with Crippen LogP contribution in [0.25, 0.3) is 11.2 Å². The van der Waals surface area contributed by atoms with E-state index in [2.05, 4.69) is 47.9 Å². The SMILES string of the molecule is C/C=C(\C=C/CC)COC(=O)[C@@H]1CCCN1C=O.C/C=C\C=C/C(C)C.CCCO.COPCOCCn1cnc2cnc(N)nc21. The Bertz CT molecular complexity index is 1230. The van der Waals surface area contributed by atoms with Gasteiger partial charge in [-0.05, 0) is 51.0 Å². The number of ether oxygens (including phenoxy) is 2. The van der Waals surface area contributed by atoms with E-state index in [1.165, 1.54) is 4.90 Å². The Balaban J connectivity index is 0.000000676. The number of imidazole rings is 1. The van der Waals surface area contributed by atoms with E-state index in [0.29, 0.717) is 53.8 Å². The summed E-state index contributed by atoms with van der Waals surface area (Å²) in [5.41, 5.74) is 7.98. The molecule has 1 amide bonds. The summed E-state index contributed by atoms with van der Waals surface area (Å²) in [6.45, 7) is 14.8. The molecule has 3 rings (SSSR count). The van der Waals surface area contributed by atoms with Crippen LogP contribution >= 0.6 is 8.81 Å². The maximum Gasteiger partial charge on any atom is 0.329 e. The summed E-state index contributed by atoms with van der Waals surface area (Å²) >= 11 is 0. The summed E-state index contributed by atoms with van der Waals surface area (Å²) in [6, 6.07) is -0.393. The van der Waals surface area contributed by atoms with Gasteiger partial charge in [-0.2, -0.15) is 4.98 Å². The molecule has 0 bridgehead atoms. The van der Waals surface area contributed by atoms with Crippen LogP contribution in [0.1, 0.15) is 67.2 Å². The van der Waals surface area contributed by atoms with Crippen molar-refractivity contribution in [2.24, 2.45) is 5.92 Å². The Morgan fingerprint density at radius 1 is 1.23 bits per heavy atom. The van der Waals surface area contributed by atoms with Crippen LogP contribution in [-0.4, -0.2) is 87.8 Å². The molecular weight excluding hydrogens is 619 g/mol. The van der Waals surface area contributed by atoms with Crippen LogP contribution < -0.4 is 5.73 Å². The summed E-state index contributed by atoms with van der Waals surface area (Å²) in [4.78, 5) is 36.3. The number of carbonyl (C=O) groups is 2. The van der Waals surface area contributed by atoms with Crippen LogP contribution in [0.3, 0.4) is 0 Å². The molecule has 264 valence electrons. The van der Waals surface area contributed by atoms with Gasteiger partial charge in [0.1, 0.15) is 18.2 Å². The van der Waals surface area contributed by atoms with Crippen LogP contribution in [-0.2, 0) is 30.1 Å². The Kier molecular flexibility index (Phi) is 26.7. The number of esters is 1. The van der Waals surface area contributed by atoms with Gasteiger partial charge in [0.2, 0.25) is 12.4 Å². The normalized spacial score (nSPS) is 14.9. The van der Waals surface area contributed by atoms with Gasteiger partial charge in [-0.3, -0.25) is 4.79 Å². The average Bonchev–Trinajstić information content (AvgIpc) is 3.72. The first-order chi connectivity index (χ1) is 22.7. The van der Waals surface area contributed by atoms with Gasteiger partial charge in [0.05, 0.1) is 25.5 Å². The third-order valence-electron chi connectivity index (χ3n) is 6.20. The molecule has 1 fully saturated rings. The minimum Gasteiger partial charge on any atom is -0.459 e. The van der Waals surface area contributed by atoms with Crippen LogP contribution in [0.5, 0.6) is 0 Å². The monoisotopic (exact) mass is 676 g/mol. The Morgan fingerprint density at radius 2 is 1.98 bits per heavy atom. The summed E-state index contributed by atoms with van der Waals surface area (Å²) in [7, 11) is 2.03. The molecule has 2 atom stereocenters. The molecule has 3 N–H and O–H groups in total. The molecule has 0 radical (unpaired) electrons. The number of nitrogens with two attached hydrogens (primary N) is 1. The maximum absolute atomic E-state index is 11.8. The standard InChI is InChI=1S/C14H21NO3.C9H14N5O2P.C8H14.C3H8O/c1-3-5-7-12(4-2)10-18-14(17)13-8-6-9-15(13)11-16;1-15-17-6-16-3-2-14-5-12-7-4-11-9(10)13-8(7)14;1-4-5-6-7-8(2)3;1-2-3-4/h4-5,7,11,13H,3,6,8-10H2,1-2H3;4-5,17H,2-3,6H2,1H3,(H2,10,11,13);4-8H,1-3H3;4H,2-3H2,1H3/b7-5-,12-4+;;5-4-,7-6-;/t13-;;;/m0.../s1. The van der Waals surface area contributed by atoms with E-state index in [4.69, 9.17) is 24.8 Å². The first-order valence-electron chi connectivity index (χ1n) is 16.1. The van der Waals surface area contributed by atoms with E-state index in [1.54, 1.807) is 19.6 Å². The lowest BCUT2D eigenvalue weighted by atomic mass is 10.2. The predicted molar refractivity (Wildman–Crippen MR) is 192 cm³/mol. The topological polar surface area (TPSA) is 155 Å². The third kappa shape index (κ3) is 20.4. The molecule has 2 aromatic rings. The van der Waals surface area contributed by atoms with Crippen molar-refractivity contribution in [3.63, 3.8) is 0 Å². The van der Waals surface area contributed by atoms with Crippen molar-refractivity contribution in [3.05, 3.63) is 60.6 Å². The van der Waals surface area contributed by atoms with Crippen LogP contribution in [0.15, 0.2) is 60.6 Å². The number of amides is 1. The second-order valence-electron chi connectivity index (χ2n) is 10.4. The van der Waals surface area contributed by atoms with Gasteiger partial charge in [-0.25, -0.2) is 14.8 Å². The van der Waals surface area contributed by atoms with Gasteiger partial charge >= 0.3 is 5.97 Å². The fourth-order valence-electron chi connectivity index (χ4n) is 3.68. The van der Waals surface area contributed by atoms with E-state index in [0.717, 1.165) is 42.4 Å². The zero-order valence-corrected chi connectivity index (χ0v) is 30.3. The highest BCUT2D eigenvalue weighted by molar-refractivity contribution is 7.31. The highest BCUT2D eigenvalue weighted by atomic mass is 31.1. The van der Waals surface area contributed by atoms with Crippen LogP contribution in [0.4, 0.5) is 5.95 Å². The summed E-state index contributed by atoms with van der Waals surface area (Å²) in [6.07, 6.45) is 22.3. The minimum atomic E-state index is -0.393. The predicted octanol–water partition coefficient (Wildman–Crippen LogP) is 5.85. The molecule has 0 spiro atoms. The molecule has 0 aromatic carbocycles. The van der Waals surface area contributed by atoms with Crippen molar-refractivity contribution in [1.82, 2.24) is 24.4 Å². The van der Waals surface area contributed by atoms with Crippen molar-refractivity contribution >= 4 is 38.3 Å². The Hall–Kier alpha value is -3.44. The van der Waals surface area contributed by atoms with Gasteiger partial charge in [0, 0.05) is 35.6 Å². The molecule has 12 nitrogen and oxygen atoms in total. The Labute approximate surface area is 283 Å². The van der Waals surface area contributed by atoms with E-state index >= 15 is 0 Å². The molecule has 1 aliphatic heterocycles. The van der Waals surface area contributed by atoms with Gasteiger partial charge in [0.15, 0.2) is 5.65 Å². The molecule has 3 heterocycles. The van der Waals surface area contributed by atoms with E-state index in [9.17, 15) is 9.59 Å². The summed E-state index contributed by atoms with van der Waals surface area (Å²) < 4.78 is 17.4. The molecule has 2 aromatic heterocycles. The van der Waals surface area contributed by atoms with Crippen molar-refractivity contribution in [2.45, 2.75) is 79.8 Å². The largest absolute Gasteiger partial charge is 0.459 e. The number of carbonyl (C=O) groups excluding carboxylic acids is 2. The highest BCUT2D eigenvalue weighted by Crippen LogP contribution is 2.17. The van der Waals surface area contributed by atoms with Crippen molar-refractivity contribution in [3.8, 4) is 0 Å². The summed E-state index contributed by atoms with van der Waals surface area (Å²) in [5.74, 6) is 0.621. The second kappa shape index (κ2) is 28.8. The first kappa shape index (κ1) is 43.6. The minimum absolute atomic E-state index is 0.251. The van der Waals surface area contributed by atoms with Crippen molar-refractivity contribution < 1.29 is 28.7 Å². The molecule has 1 saturated heterocycles. The molecule has 0 saturated carbocycles. The first-order valence-corrected chi connectivity index (χ1v) is 17.2. The molecule has 1 aliphatic rings. The third-order valence-corrected chi connectivity index (χ3v) is 6.81. The van der Waals surface area contributed by atoms with Crippen molar-refractivity contribution in [2.75, 3.05) is 45.6 Å². The molecule has 0 aliphatic carbocycles. The van der Waals surface area contributed by atoms with Crippen LogP contribution in [0, 0.1) is 5.92 Å². The smallest absolute Gasteiger partial charge is 0.329 e.